The smallest absolute Gasteiger partial charge is 0.320 e. The van der Waals surface area contributed by atoms with Crippen molar-refractivity contribution in [1.82, 2.24) is 5.32 Å². The Morgan fingerprint density at radius 3 is 2.72 bits per heavy atom. The number of carbonyl (C=O) groups is 1. The quantitative estimate of drug-likeness (QED) is 0.621. The Kier molecular flexibility index (Phi) is 7.14. The van der Waals surface area contributed by atoms with Crippen LogP contribution in [0.15, 0.2) is 61.2 Å². The van der Waals surface area contributed by atoms with E-state index in [0.717, 1.165) is 29.0 Å². The second-order valence-corrected chi connectivity index (χ2v) is 5.37. The van der Waals surface area contributed by atoms with Gasteiger partial charge in [0.2, 0.25) is 0 Å². The predicted octanol–water partition coefficient (Wildman–Crippen LogP) is 3.93. The van der Waals surface area contributed by atoms with E-state index in [1.807, 2.05) is 61.5 Å². The molecule has 0 fully saturated rings. The summed E-state index contributed by atoms with van der Waals surface area (Å²) in [4.78, 5) is 11.8. The fraction of sp³-hybridized carbons (Fsp3) is 0.190. The third-order valence-corrected chi connectivity index (χ3v) is 3.49. The molecule has 0 heterocycles. The van der Waals surface area contributed by atoms with Crippen LogP contribution in [0, 0.1) is 18.8 Å². The number of nitrogens with one attached hydrogen (secondary N) is 2. The van der Waals surface area contributed by atoms with E-state index >= 15 is 0 Å². The predicted molar refractivity (Wildman–Crippen MR) is 102 cm³/mol. The molecule has 2 aromatic rings. The van der Waals surface area contributed by atoms with Crippen molar-refractivity contribution in [2.75, 3.05) is 18.5 Å². The molecule has 0 bridgehead atoms. The Hall–Kier alpha value is -3.19. The van der Waals surface area contributed by atoms with Gasteiger partial charge in [0.05, 0.1) is 6.54 Å². The first kappa shape index (κ1) is 18.2. The van der Waals surface area contributed by atoms with Crippen molar-refractivity contribution in [2.45, 2.75) is 13.3 Å². The topological polar surface area (TPSA) is 50.4 Å². The van der Waals surface area contributed by atoms with Crippen LogP contribution in [0.3, 0.4) is 0 Å². The van der Waals surface area contributed by atoms with Crippen LogP contribution in [0.1, 0.15) is 11.1 Å². The zero-order valence-corrected chi connectivity index (χ0v) is 14.3. The van der Waals surface area contributed by atoms with Gasteiger partial charge in [-0.2, -0.15) is 0 Å². The molecule has 0 aromatic heterocycles. The fourth-order valence-electron chi connectivity index (χ4n) is 2.20. The van der Waals surface area contributed by atoms with Crippen LogP contribution >= 0.6 is 0 Å². The molecule has 4 heteroatoms. The van der Waals surface area contributed by atoms with Crippen molar-refractivity contribution in [3.63, 3.8) is 0 Å². The van der Waals surface area contributed by atoms with Crippen molar-refractivity contribution in [3.05, 3.63) is 72.3 Å². The van der Waals surface area contributed by atoms with E-state index in [1.165, 1.54) is 0 Å². The van der Waals surface area contributed by atoms with E-state index in [1.54, 1.807) is 0 Å². The zero-order valence-electron chi connectivity index (χ0n) is 14.3. The minimum Gasteiger partial charge on any atom is -0.481 e. The van der Waals surface area contributed by atoms with Gasteiger partial charge >= 0.3 is 6.03 Å². The minimum atomic E-state index is -0.277. The standard InChI is InChI=1S/C21H22N2O2/c1-3-10-18-12-5-7-14-20(18)25-16-9-8-15-22-21(24)23-19-13-6-4-11-17(19)2/h3-7,11-14H,1,10,15-16H2,2H3,(H2,22,23,24). The number of anilines is 1. The number of para-hydroxylation sites is 2. The van der Waals surface area contributed by atoms with E-state index in [9.17, 15) is 4.79 Å². The van der Waals surface area contributed by atoms with Crippen molar-refractivity contribution >= 4 is 11.7 Å². The molecular formula is C21H22N2O2. The number of ether oxygens (including phenoxy) is 1. The molecule has 4 nitrogen and oxygen atoms in total. The van der Waals surface area contributed by atoms with Crippen molar-refractivity contribution in [3.8, 4) is 17.6 Å². The Morgan fingerprint density at radius 1 is 1.16 bits per heavy atom. The third-order valence-electron chi connectivity index (χ3n) is 3.49. The summed E-state index contributed by atoms with van der Waals surface area (Å²) in [7, 11) is 0. The summed E-state index contributed by atoms with van der Waals surface area (Å²) in [5, 5.41) is 5.49. The zero-order chi connectivity index (χ0) is 17.9. The van der Waals surface area contributed by atoms with Crippen LogP contribution in [0.4, 0.5) is 10.5 Å². The second kappa shape index (κ2) is 9.84. The van der Waals surface area contributed by atoms with Crippen molar-refractivity contribution in [2.24, 2.45) is 0 Å². The number of amides is 2. The van der Waals surface area contributed by atoms with Crippen LogP contribution in [-0.2, 0) is 6.42 Å². The molecule has 0 aliphatic rings. The van der Waals surface area contributed by atoms with Gasteiger partial charge in [-0.3, -0.25) is 0 Å². The Morgan fingerprint density at radius 2 is 1.92 bits per heavy atom. The molecule has 0 spiro atoms. The highest BCUT2D eigenvalue weighted by Gasteiger charge is 2.02. The molecule has 2 amide bonds. The number of aryl methyl sites for hydroxylation is 1. The van der Waals surface area contributed by atoms with Crippen molar-refractivity contribution in [1.29, 1.82) is 0 Å². The van der Waals surface area contributed by atoms with Gasteiger partial charge in [0.15, 0.2) is 0 Å². The summed E-state index contributed by atoms with van der Waals surface area (Å²) in [6, 6.07) is 15.1. The van der Waals surface area contributed by atoms with Gasteiger partial charge in [-0.05, 0) is 36.6 Å². The number of hydrogen-bond acceptors (Lipinski definition) is 2. The lowest BCUT2D eigenvalue weighted by Crippen LogP contribution is -2.29. The van der Waals surface area contributed by atoms with Gasteiger partial charge in [0.1, 0.15) is 12.4 Å². The Bertz CT molecular complexity index is 788. The van der Waals surface area contributed by atoms with Gasteiger partial charge in [0.25, 0.3) is 0 Å². The highest BCUT2D eigenvalue weighted by molar-refractivity contribution is 5.90. The molecule has 0 atom stereocenters. The van der Waals surface area contributed by atoms with E-state index in [0.29, 0.717) is 0 Å². The SMILES string of the molecule is C=CCc1ccccc1OCC#CCNC(=O)Nc1ccccc1C. The molecule has 128 valence electrons. The third kappa shape index (κ3) is 6.08. The van der Waals surface area contributed by atoms with E-state index in [2.05, 4.69) is 29.1 Å². The van der Waals surface area contributed by atoms with Crippen LogP contribution in [0.5, 0.6) is 5.75 Å². The lowest BCUT2D eigenvalue weighted by atomic mass is 10.1. The summed E-state index contributed by atoms with van der Waals surface area (Å²) in [6.07, 6.45) is 2.59. The maximum absolute atomic E-state index is 11.8. The van der Waals surface area contributed by atoms with Crippen LogP contribution in [-0.4, -0.2) is 19.2 Å². The maximum Gasteiger partial charge on any atom is 0.320 e. The number of carbonyl (C=O) groups excluding carboxylic acids is 1. The molecule has 2 N–H and O–H groups in total. The minimum absolute atomic E-state index is 0.259. The maximum atomic E-state index is 11.8. The van der Waals surface area contributed by atoms with E-state index in [-0.39, 0.29) is 19.2 Å². The normalized spacial score (nSPS) is 9.48. The van der Waals surface area contributed by atoms with Gasteiger partial charge in [0, 0.05) is 5.69 Å². The van der Waals surface area contributed by atoms with Crippen LogP contribution < -0.4 is 15.4 Å². The van der Waals surface area contributed by atoms with Crippen molar-refractivity contribution < 1.29 is 9.53 Å². The number of urea groups is 1. The first-order chi connectivity index (χ1) is 12.2. The number of hydrogen-bond donors (Lipinski definition) is 2. The molecule has 25 heavy (non-hydrogen) atoms. The van der Waals surface area contributed by atoms with E-state index in [4.69, 9.17) is 4.74 Å². The Labute approximate surface area is 148 Å². The average molecular weight is 334 g/mol. The molecule has 0 saturated heterocycles. The molecular weight excluding hydrogens is 312 g/mol. The first-order valence-corrected chi connectivity index (χ1v) is 8.08. The molecule has 0 aliphatic carbocycles. The fourth-order valence-corrected chi connectivity index (χ4v) is 2.20. The van der Waals surface area contributed by atoms with Gasteiger partial charge < -0.3 is 15.4 Å². The second-order valence-electron chi connectivity index (χ2n) is 5.37. The molecule has 0 aliphatic heterocycles. The summed E-state index contributed by atoms with van der Waals surface area (Å²) >= 11 is 0. The lowest BCUT2D eigenvalue weighted by Gasteiger charge is -2.08. The first-order valence-electron chi connectivity index (χ1n) is 8.08. The van der Waals surface area contributed by atoms with Crippen LogP contribution in [0.25, 0.3) is 0 Å². The monoisotopic (exact) mass is 334 g/mol. The van der Waals surface area contributed by atoms with Gasteiger partial charge in [-0.1, -0.05) is 54.3 Å². The molecule has 0 radical (unpaired) electrons. The highest BCUT2D eigenvalue weighted by atomic mass is 16.5. The van der Waals surface area contributed by atoms with Crippen LogP contribution in [0.2, 0.25) is 0 Å². The number of rotatable bonds is 6. The Balaban J connectivity index is 1.73. The van der Waals surface area contributed by atoms with Gasteiger partial charge in [-0.15, -0.1) is 6.58 Å². The molecule has 2 aromatic carbocycles. The number of benzene rings is 2. The summed E-state index contributed by atoms with van der Waals surface area (Å²) in [6.45, 7) is 6.21. The highest BCUT2D eigenvalue weighted by Crippen LogP contribution is 2.18. The summed E-state index contributed by atoms with van der Waals surface area (Å²) in [5.74, 6) is 6.57. The van der Waals surface area contributed by atoms with E-state index < -0.39 is 0 Å². The molecule has 0 saturated carbocycles. The molecule has 2 rings (SSSR count). The largest absolute Gasteiger partial charge is 0.481 e. The lowest BCUT2D eigenvalue weighted by molar-refractivity contribution is 0.253. The molecule has 0 unspecified atom stereocenters. The summed E-state index contributed by atoms with van der Waals surface area (Å²) in [5.41, 5.74) is 2.88. The van der Waals surface area contributed by atoms with Gasteiger partial charge in [-0.25, -0.2) is 4.79 Å². The number of allylic oxidation sites excluding steroid dienone is 1. The summed E-state index contributed by atoms with van der Waals surface area (Å²) < 4.78 is 5.66. The average Bonchev–Trinajstić information content (AvgIpc) is 2.61.